The van der Waals surface area contributed by atoms with Gasteiger partial charge in [0.05, 0.1) is 6.42 Å². The molecule has 3 atom stereocenters. The molecule has 5 heteroatoms. The summed E-state index contributed by atoms with van der Waals surface area (Å²) in [7, 11) is 0. The minimum atomic E-state index is -4.06. The molecule has 1 N–H and O–H groups in total. The molecule has 100 valence electrons. The molecule has 1 aliphatic heterocycles. The summed E-state index contributed by atoms with van der Waals surface area (Å²) in [5.74, 6) is 0.697. The lowest BCUT2D eigenvalue weighted by Crippen LogP contribution is -2.59. The predicted octanol–water partition coefficient (Wildman–Crippen LogP) is 2.40. The number of piperazine rings is 1. The minimum absolute atomic E-state index is 0.197. The van der Waals surface area contributed by atoms with E-state index in [1.807, 2.05) is 11.8 Å². The molecule has 2 aliphatic rings. The van der Waals surface area contributed by atoms with Gasteiger partial charge in [-0.05, 0) is 32.6 Å². The molecule has 0 bridgehead atoms. The summed E-state index contributed by atoms with van der Waals surface area (Å²) in [5, 5.41) is 3.46. The zero-order valence-corrected chi connectivity index (χ0v) is 10.4. The molecule has 1 aliphatic carbocycles. The summed E-state index contributed by atoms with van der Waals surface area (Å²) in [6.45, 7) is 5.27. The summed E-state index contributed by atoms with van der Waals surface area (Å²) in [6, 6.07) is 0.192. The molecular formula is C12H21F3N2. The Balaban J connectivity index is 1.91. The number of rotatable bonds is 3. The first kappa shape index (κ1) is 13.1. The monoisotopic (exact) mass is 250 g/mol. The number of nitrogens with one attached hydrogen (secondary N) is 1. The number of hydrogen-bond donors (Lipinski definition) is 1. The van der Waals surface area contributed by atoms with Gasteiger partial charge in [-0.15, -0.1) is 0 Å². The number of hydrogen-bond acceptors (Lipinski definition) is 2. The number of alkyl halides is 3. The molecule has 1 saturated heterocycles. The van der Waals surface area contributed by atoms with Gasteiger partial charge in [0.2, 0.25) is 0 Å². The molecule has 17 heavy (non-hydrogen) atoms. The van der Waals surface area contributed by atoms with E-state index in [-0.39, 0.29) is 6.04 Å². The maximum absolute atomic E-state index is 12.4. The van der Waals surface area contributed by atoms with Crippen molar-refractivity contribution in [3.63, 3.8) is 0 Å². The topological polar surface area (TPSA) is 15.3 Å². The van der Waals surface area contributed by atoms with Gasteiger partial charge in [0.1, 0.15) is 0 Å². The Bertz CT molecular complexity index is 263. The first-order chi connectivity index (χ1) is 7.87. The van der Waals surface area contributed by atoms with Gasteiger partial charge >= 0.3 is 6.18 Å². The first-order valence-electron chi connectivity index (χ1n) is 6.42. The lowest BCUT2D eigenvalue weighted by molar-refractivity contribution is -0.149. The van der Waals surface area contributed by atoms with E-state index >= 15 is 0 Å². The van der Waals surface area contributed by atoms with Gasteiger partial charge in [0, 0.05) is 31.2 Å². The quantitative estimate of drug-likeness (QED) is 0.827. The molecule has 0 amide bonds. The zero-order valence-electron chi connectivity index (χ0n) is 10.4. The Kier molecular flexibility index (Phi) is 3.69. The number of nitrogens with zero attached hydrogens (tertiary/aromatic N) is 1. The normalized spacial score (nSPS) is 33.7. The second kappa shape index (κ2) is 4.76. The van der Waals surface area contributed by atoms with Crippen LogP contribution >= 0.6 is 0 Å². The van der Waals surface area contributed by atoms with Gasteiger partial charge < -0.3 is 5.32 Å². The minimum Gasteiger partial charge on any atom is -0.311 e. The highest BCUT2D eigenvalue weighted by Crippen LogP contribution is 2.35. The Labute approximate surface area is 101 Å². The molecule has 0 aromatic heterocycles. The van der Waals surface area contributed by atoms with E-state index in [1.54, 1.807) is 6.92 Å². The van der Waals surface area contributed by atoms with Gasteiger partial charge in [-0.25, -0.2) is 0 Å². The Morgan fingerprint density at radius 1 is 1.35 bits per heavy atom. The fraction of sp³-hybridized carbons (Fsp3) is 1.00. The largest absolute Gasteiger partial charge is 0.390 e. The van der Waals surface area contributed by atoms with Crippen molar-refractivity contribution in [3.05, 3.63) is 0 Å². The van der Waals surface area contributed by atoms with Crippen LogP contribution in [0, 0.1) is 5.92 Å². The standard InChI is InChI=1S/C12H21F3N2/c1-8(5-12(13,14)15)17-7-11(10-3-4-10)16-6-9(17)2/h8-11,16H,3-7H2,1-2H3. The highest BCUT2D eigenvalue weighted by molar-refractivity contribution is 4.94. The van der Waals surface area contributed by atoms with E-state index < -0.39 is 18.6 Å². The van der Waals surface area contributed by atoms with Crippen LogP contribution in [-0.2, 0) is 0 Å². The van der Waals surface area contributed by atoms with Crippen LogP contribution in [0.4, 0.5) is 13.2 Å². The van der Waals surface area contributed by atoms with Crippen molar-refractivity contribution in [3.8, 4) is 0 Å². The molecule has 2 rings (SSSR count). The fourth-order valence-electron chi connectivity index (χ4n) is 2.79. The van der Waals surface area contributed by atoms with E-state index in [0.29, 0.717) is 12.0 Å². The van der Waals surface area contributed by atoms with Crippen molar-refractivity contribution in [2.45, 2.75) is 57.4 Å². The van der Waals surface area contributed by atoms with Gasteiger partial charge in [-0.3, -0.25) is 4.90 Å². The molecule has 0 radical (unpaired) electrons. The highest BCUT2D eigenvalue weighted by Gasteiger charge is 2.40. The molecule has 2 nitrogen and oxygen atoms in total. The SMILES string of the molecule is CC1CNC(C2CC2)CN1C(C)CC(F)(F)F. The van der Waals surface area contributed by atoms with Crippen LogP contribution < -0.4 is 5.32 Å². The third-order valence-corrected chi connectivity index (χ3v) is 3.93. The van der Waals surface area contributed by atoms with Gasteiger partial charge in [-0.1, -0.05) is 0 Å². The van der Waals surface area contributed by atoms with E-state index in [2.05, 4.69) is 5.32 Å². The van der Waals surface area contributed by atoms with E-state index in [1.165, 1.54) is 12.8 Å². The molecule has 1 heterocycles. The average Bonchev–Trinajstić information content (AvgIpc) is 2.99. The second-order valence-electron chi connectivity index (χ2n) is 5.57. The van der Waals surface area contributed by atoms with Gasteiger partial charge in [-0.2, -0.15) is 13.2 Å². The Morgan fingerprint density at radius 3 is 2.53 bits per heavy atom. The number of halogens is 3. The summed E-state index contributed by atoms with van der Waals surface area (Å²) >= 11 is 0. The summed E-state index contributed by atoms with van der Waals surface area (Å²) in [5.41, 5.74) is 0. The molecule has 3 unspecified atom stereocenters. The van der Waals surface area contributed by atoms with Crippen LogP contribution in [0.5, 0.6) is 0 Å². The molecule has 0 spiro atoms. The molecule has 2 fully saturated rings. The van der Waals surface area contributed by atoms with Crippen LogP contribution in [-0.4, -0.2) is 42.3 Å². The van der Waals surface area contributed by atoms with Gasteiger partial charge in [0.15, 0.2) is 0 Å². The van der Waals surface area contributed by atoms with Gasteiger partial charge in [0.25, 0.3) is 0 Å². The van der Waals surface area contributed by atoms with Crippen molar-refractivity contribution < 1.29 is 13.2 Å². The van der Waals surface area contributed by atoms with Crippen LogP contribution in [0.25, 0.3) is 0 Å². The average molecular weight is 250 g/mol. The Morgan fingerprint density at radius 2 is 2.00 bits per heavy atom. The van der Waals surface area contributed by atoms with Crippen LogP contribution in [0.1, 0.15) is 33.1 Å². The van der Waals surface area contributed by atoms with Crippen molar-refractivity contribution in [1.29, 1.82) is 0 Å². The fourth-order valence-corrected chi connectivity index (χ4v) is 2.79. The molecule has 1 saturated carbocycles. The summed E-state index contributed by atoms with van der Waals surface area (Å²) < 4.78 is 37.2. The van der Waals surface area contributed by atoms with E-state index in [4.69, 9.17) is 0 Å². The van der Waals surface area contributed by atoms with Crippen molar-refractivity contribution in [2.24, 2.45) is 5.92 Å². The predicted molar refractivity (Wildman–Crippen MR) is 60.8 cm³/mol. The third kappa shape index (κ3) is 3.58. The second-order valence-corrected chi connectivity index (χ2v) is 5.57. The summed E-state index contributed by atoms with van der Waals surface area (Å²) in [4.78, 5) is 2.02. The van der Waals surface area contributed by atoms with Crippen molar-refractivity contribution in [1.82, 2.24) is 10.2 Å². The summed E-state index contributed by atoms with van der Waals surface area (Å²) in [6.07, 6.45) is -2.30. The Hall–Kier alpha value is -0.290. The van der Waals surface area contributed by atoms with E-state index in [9.17, 15) is 13.2 Å². The molecular weight excluding hydrogens is 229 g/mol. The smallest absolute Gasteiger partial charge is 0.311 e. The lowest BCUT2D eigenvalue weighted by Gasteiger charge is -2.42. The van der Waals surface area contributed by atoms with E-state index in [0.717, 1.165) is 13.1 Å². The van der Waals surface area contributed by atoms with Crippen molar-refractivity contribution in [2.75, 3.05) is 13.1 Å². The molecule has 0 aromatic carbocycles. The maximum atomic E-state index is 12.4. The van der Waals surface area contributed by atoms with Crippen LogP contribution in [0.3, 0.4) is 0 Å². The lowest BCUT2D eigenvalue weighted by atomic mass is 10.0. The van der Waals surface area contributed by atoms with Crippen LogP contribution in [0.2, 0.25) is 0 Å². The molecule has 0 aromatic rings. The zero-order chi connectivity index (χ0) is 12.6. The van der Waals surface area contributed by atoms with Crippen molar-refractivity contribution >= 4 is 0 Å². The maximum Gasteiger partial charge on any atom is 0.390 e. The van der Waals surface area contributed by atoms with Crippen LogP contribution in [0.15, 0.2) is 0 Å². The highest BCUT2D eigenvalue weighted by atomic mass is 19.4. The first-order valence-corrected chi connectivity index (χ1v) is 6.42. The third-order valence-electron chi connectivity index (χ3n) is 3.93.